The summed E-state index contributed by atoms with van der Waals surface area (Å²) in [6, 6.07) is 21.5. The van der Waals surface area contributed by atoms with E-state index in [1.54, 1.807) is 24.1 Å². The van der Waals surface area contributed by atoms with E-state index >= 15 is 0 Å². The number of ether oxygens (including phenoxy) is 3. The van der Waals surface area contributed by atoms with Crippen LogP contribution in [0.3, 0.4) is 0 Å². The number of carbonyl (C=O) groups excluding carboxylic acids is 1. The Bertz CT molecular complexity index is 1080. The molecule has 0 aliphatic rings. The van der Waals surface area contributed by atoms with E-state index in [0.29, 0.717) is 6.54 Å². The number of para-hydroxylation sites is 1. The van der Waals surface area contributed by atoms with Crippen molar-refractivity contribution < 1.29 is 28.9 Å². The molecule has 3 rings (SSSR count). The van der Waals surface area contributed by atoms with Gasteiger partial charge in [-0.1, -0.05) is 48.5 Å². The summed E-state index contributed by atoms with van der Waals surface area (Å²) in [5, 5.41) is 9.49. The van der Waals surface area contributed by atoms with E-state index in [4.69, 9.17) is 14.2 Å². The Morgan fingerprint density at radius 2 is 1.61 bits per heavy atom. The molecule has 0 unspecified atom stereocenters. The largest absolute Gasteiger partial charge is 0.497 e. The minimum absolute atomic E-state index is 0.0256. The molecular formula is C26H27NO6. The Morgan fingerprint density at radius 3 is 2.21 bits per heavy atom. The van der Waals surface area contributed by atoms with Crippen LogP contribution in [0.4, 0.5) is 0 Å². The molecule has 1 N–H and O–H groups in total. The number of nitrogens with zero attached hydrogens (tertiary/aromatic N) is 1. The lowest BCUT2D eigenvalue weighted by atomic mass is 10.1. The van der Waals surface area contributed by atoms with Gasteiger partial charge in [0.1, 0.15) is 11.3 Å². The summed E-state index contributed by atoms with van der Waals surface area (Å²) in [5.41, 5.74) is 1.83. The van der Waals surface area contributed by atoms with Gasteiger partial charge in [0.2, 0.25) is 0 Å². The molecule has 0 aliphatic carbocycles. The summed E-state index contributed by atoms with van der Waals surface area (Å²) in [7, 11) is 3.02. The molecule has 33 heavy (non-hydrogen) atoms. The first-order valence-electron chi connectivity index (χ1n) is 10.4. The maximum Gasteiger partial charge on any atom is 0.339 e. The molecule has 3 aromatic rings. The van der Waals surface area contributed by atoms with Gasteiger partial charge in [0.15, 0.2) is 18.1 Å². The zero-order chi connectivity index (χ0) is 23.8. The highest BCUT2D eigenvalue weighted by molar-refractivity contribution is 5.92. The molecule has 1 atom stereocenters. The number of amides is 1. The molecule has 0 aromatic heterocycles. The summed E-state index contributed by atoms with van der Waals surface area (Å²) in [5.74, 6) is -0.444. The highest BCUT2D eigenvalue weighted by Gasteiger charge is 2.24. The van der Waals surface area contributed by atoms with Crippen molar-refractivity contribution >= 4 is 11.9 Å². The van der Waals surface area contributed by atoms with Crippen molar-refractivity contribution in [1.29, 1.82) is 0 Å². The molecule has 7 nitrogen and oxygen atoms in total. The van der Waals surface area contributed by atoms with Gasteiger partial charge in [0.25, 0.3) is 5.91 Å². The lowest BCUT2D eigenvalue weighted by Crippen LogP contribution is -2.36. The van der Waals surface area contributed by atoms with Gasteiger partial charge in [-0.3, -0.25) is 4.79 Å². The quantitative estimate of drug-likeness (QED) is 0.488. The van der Waals surface area contributed by atoms with Gasteiger partial charge in [0, 0.05) is 6.54 Å². The van der Waals surface area contributed by atoms with Crippen LogP contribution in [0.2, 0.25) is 0 Å². The monoisotopic (exact) mass is 449 g/mol. The van der Waals surface area contributed by atoms with Crippen LogP contribution in [0.15, 0.2) is 72.8 Å². The Hall–Kier alpha value is -4.00. The summed E-state index contributed by atoms with van der Waals surface area (Å²) in [6.07, 6.45) is 0. The number of carboxylic acid groups (broad SMARTS) is 1. The maximum atomic E-state index is 13.3. The zero-order valence-corrected chi connectivity index (χ0v) is 18.9. The van der Waals surface area contributed by atoms with E-state index in [-0.39, 0.29) is 35.6 Å². The maximum absolute atomic E-state index is 13.3. The van der Waals surface area contributed by atoms with Gasteiger partial charge < -0.3 is 24.2 Å². The van der Waals surface area contributed by atoms with E-state index in [1.807, 2.05) is 61.5 Å². The predicted molar refractivity (Wildman–Crippen MR) is 124 cm³/mol. The first-order chi connectivity index (χ1) is 15.9. The van der Waals surface area contributed by atoms with Crippen LogP contribution in [0, 0.1) is 0 Å². The number of methoxy groups -OCH3 is 2. The third-order valence-electron chi connectivity index (χ3n) is 5.35. The molecule has 0 saturated carbocycles. The van der Waals surface area contributed by atoms with Crippen LogP contribution < -0.4 is 14.2 Å². The van der Waals surface area contributed by atoms with Gasteiger partial charge in [-0.15, -0.1) is 0 Å². The van der Waals surface area contributed by atoms with Crippen molar-refractivity contribution in [1.82, 2.24) is 4.90 Å². The summed E-state index contributed by atoms with van der Waals surface area (Å²) in [6.45, 7) is 1.95. The molecule has 172 valence electrons. The zero-order valence-electron chi connectivity index (χ0n) is 18.9. The van der Waals surface area contributed by atoms with Crippen LogP contribution in [0.25, 0.3) is 0 Å². The average molecular weight is 450 g/mol. The highest BCUT2D eigenvalue weighted by Crippen LogP contribution is 2.31. The van der Waals surface area contributed by atoms with E-state index in [0.717, 1.165) is 16.9 Å². The molecule has 0 bridgehead atoms. The van der Waals surface area contributed by atoms with Crippen molar-refractivity contribution in [3.8, 4) is 17.2 Å². The number of carboxylic acids is 1. The fourth-order valence-corrected chi connectivity index (χ4v) is 3.49. The minimum Gasteiger partial charge on any atom is -0.497 e. The first-order valence-corrected chi connectivity index (χ1v) is 10.4. The van der Waals surface area contributed by atoms with Crippen molar-refractivity contribution in [3.63, 3.8) is 0 Å². The normalized spacial score (nSPS) is 11.4. The topological polar surface area (TPSA) is 85.3 Å². The number of rotatable bonds is 10. The SMILES string of the molecule is COc1ccc(CN(C(=O)COc2c(OC)cccc2C(=O)O)[C@@H](C)c2ccccc2)cc1. The third-order valence-corrected chi connectivity index (χ3v) is 5.35. The van der Waals surface area contributed by atoms with Gasteiger partial charge in [-0.25, -0.2) is 4.79 Å². The van der Waals surface area contributed by atoms with E-state index in [1.165, 1.54) is 13.2 Å². The van der Waals surface area contributed by atoms with Crippen LogP contribution in [-0.4, -0.2) is 42.7 Å². The number of aromatic carboxylic acids is 1. The number of benzene rings is 3. The Balaban J connectivity index is 1.85. The summed E-state index contributed by atoms with van der Waals surface area (Å²) < 4.78 is 16.2. The van der Waals surface area contributed by atoms with Crippen LogP contribution in [0.1, 0.15) is 34.5 Å². The molecule has 0 fully saturated rings. The van der Waals surface area contributed by atoms with Gasteiger partial charge in [-0.2, -0.15) is 0 Å². The van der Waals surface area contributed by atoms with Crippen molar-refractivity contribution in [2.24, 2.45) is 0 Å². The lowest BCUT2D eigenvalue weighted by Gasteiger charge is -2.30. The standard InChI is InChI=1S/C26H27NO6/c1-18(20-8-5-4-6-9-20)27(16-19-12-14-21(31-2)15-13-19)24(28)17-33-25-22(26(29)30)10-7-11-23(25)32-3/h4-15,18H,16-17H2,1-3H3,(H,29,30)/t18-/m0/s1. The van der Waals surface area contributed by atoms with Gasteiger partial charge >= 0.3 is 5.97 Å². The molecule has 1 amide bonds. The van der Waals surface area contributed by atoms with Crippen LogP contribution >= 0.6 is 0 Å². The second-order valence-corrected chi connectivity index (χ2v) is 7.39. The fourth-order valence-electron chi connectivity index (χ4n) is 3.49. The molecule has 0 heterocycles. The predicted octanol–water partition coefficient (Wildman–Crippen LogP) is 4.57. The smallest absolute Gasteiger partial charge is 0.339 e. The van der Waals surface area contributed by atoms with Crippen molar-refractivity contribution in [2.75, 3.05) is 20.8 Å². The number of hydrogen-bond acceptors (Lipinski definition) is 5. The summed E-state index contributed by atoms with van der Waals surface area (Å²) in [4.78, 5) is 26.6. The Kier molecular flexibility index (Phi) is 7.91. The van der Waals surface area contributed by atoms with Gasteiger partial charge in [0.05, 0.1) is 20.3 Å². The van der Waals surface area contributed by atoms with Gasteiger partial charge in [-0.05, 0) is 42.3 Å². The fraction of sp³-hybridized carbons (Fsp3) is 0.231. The third kappa shape index (κ3) is 5.83. The second kappa shape index (κ2) is 11.0. The Labute approximate surface area is 193 Å². The lowest BCUT2D eigenvalue weighted by molar-refractivity contribution is -0.136. The van der Waals surface area contributed by atoms with Crippen molar-refractivity contribution in [3.05, 3.63) is 89.5 Å². The van der Waals surface area contributed by atoms with Crippen LogP contribution in [0.5, 0.6) is 17.2 Å². The molecule has 0 radical (unpaired) electrons. The van der Waals surface area contributed by atoms with Crippen LogP contribution in [-0.2, 0) is 11.3 Å². The molecule has 7 heteroatoms. The highest BCUT2D eigenvalue weighted by atomic mass is 16.5. The molecule has 0 spiro atoms. The second-order valence-electron chi connectivity index (χ2n) is 7.39. The molecular weight excluding hydrogens is 422 g/mol. The van der Waals surface area contributed by atoms with E-state index in [2.05, 4.69) is 0 Å². The minimum atomic E-state index is -1.16. The molecule has 0 aliphatic heterocycles. The molecule has 0 saturated heterocycles. The average Bonchev–Trinajstić information content (AvgIpc) is 2.85. The van der Waals surface area contributed by atoms with E-state index in [9.17, 15) is 14.7 Å². The Morgan fingerprint density at radius 1 is 0.909 bits per heavy atom. The number of hydrogen-bond donors (Lipinski definition) is 1. The van der Waals surface area contributed by atoms with Crippen molar-refractivity contribution in [2.45, 2.75) is 19.5 Å². The number of carbonyl (C=O) groups is 2. The summed E-state index contributed by atoms with van der Waals surface area (Å²) >= 11 is 0. The first kappa shape index (κ1) is 23.7. The van der Waals surface area contributed by atoms with E-state index < -0.39 is 5.97 Å². The molecule has 3 aromatic carbocycles.